The maximum Gasteiger partial charge on any atom is 0.216 e. The molecule has 0 aliphatic heterocycles. The van der Waals surface area contributed by atoms with E-state index >= 15 is 0 Å². The standard InChI is InChI=1S/C12H14N4OS/c1-2-6-17-11-5-3-4-10(7-11)8-14-16-9-13-15-12(16)18/h3-5,7-9H,2,6H2,1H3,(H,15,18)/b14-8-. The average Bonchev–Trinajstić information content (AvgIpc) is 2.80. The van der Waals surface area contributed by atoms with Crippen molar-refractivity contribution in [1.82, 2.24) is 14.9 Å². The van der Waals surface area contributed by atoms with Crippen LogP contribution in [0.4, 0.5) is 0 Å². The molecule has 5 nitrogen and oxygen atoms in total. The van der Waals surface area contributed by atoms with Crippen LogP contribution in [0.5, 0.6) is 5.75 Å². The van der Waals surface area contributed by atoms with Crippen molar-refractivity contribution in [1.29, 1.82) is 0 Å². The Morgan fingerprint density at radius 2 is 2.44 bits per heavy atom. The predicted molar refractivity (Wildman–Crippen MR) is 72.6 cm³/mol. The number of aromatic nitrogens is 3. The van der Waals surface area contributed by atoms with Gasteiger partial charge in [0, 0.05) is 0 Å². The number of aromatic amines is 1. The lowest BCUT2D eigenvalue weighted by atomic mass is 10.2. The highest BCUT2D eigenvalue weighted by molar-refractivity contribution is 7.71. The van der Waals surface area contributed by atoms with Crippen LogP contribution in [0.1, 0.15) is 18.9 Å². The zero-order valence-corrected chi connectivity index (χ0v) is 10.9. The molecule has 6 heteroatoms. The summed E-state index contributed by atoms with van der Waals surface area (Å²) in [4.78, 5) is 0. The van der Waals surface area contributed by atoms with E-state index in [-0.39, 0.29) is 0 Å². The Hall–Kier alpha value is -1.95. The molecule has 0 radical (unpaired) electrons. The zero-order valence-electron chi connectivity index (χ0n) is 10.0. The van der Waals surface area contributed by atoms with Gasteiger partial charge in [0.1, 0.15) is 12.1 Å². The Labute approximate surface area is 110 Å². The van der Waals surface area contributed by atoms with Gasteiger partial charge in [-0.3, -0.25) is 5.10 Å². The van der Waals surface area contributed by atoms with Gasteiger partial charge in [-0.15, -0.1) is 0 Å². The molecule has 0 unspecified atom stereocenters. The van der Waals surface area contributed by atoms with Gasteiger partial charge in [-0.1, -0.05) is 19.1 Å². The lowest BCUT2D eigenvalue weighted by molar-refractivity contribution is 0.317. The maximum absolute atomic E-state index is 5.55. The third-order valence-corrected chi connectivity index (χ3v) is 2.48. The quantitative estimate of drug-likeness (QED) is 0.665. The Bertz CT molecular complexity index is 588. The summed E-state index contributed by atoms with van der Waals surface area (Å²) in [6.07, 6.45) is 4.23. The van der Waals surface area contributed by atoms with E-state index < -0.39 is 0 Å². The summed E-state index contributed by atoms with van der Waals surface area (Å²) in [6, 6.07) is 7.74. The van der Waals surface area contributed by atoms with Crippen LogP contribution in [0.2, 0.25) is 0 Å². The van der Waals surface area contributed by atoms with Crippen LogP contribution < -0.4 is 4.74 Å². The normalized spacial score (nSPS) is 10.9. The molecule has 2 aromatic rings. The van der Waals surface area contributed by atoms with Crippen LogP contribution in [0.25, 0.3) is 0 Å². The summed E-state index contributed by atoms with van der Waals surface area (Å²) in [5.41, 5.74) is 0.951. The van der Waals surface area contributed by atoms with Gasteiger partial charge >= 0.3 is 0 Å². The molecule has 94 valence electrons. The Morgan fingerprint density at radius 3 is 3.17 bits per heavy atom. The number of nitrogens with one attached hydrogen (secondary N) is 1. The van der Waals surface area contributed by atoms with Gasteiger partial charge in [0.15, 0.2) is 0 Å². The first-order valence-corrected chi connectivity index (χ1v) is 6.09. The SMILES string of the molecule is CCCOc1cccc(/C=N\n2cn[nH]c2=S)c1. The molecule has 0 atom stereocenters. The van der Waals surface area contributed by atoms with Crippen LogP contribution >= 0.6 is 12.2 Å². The summed E-state index contributed by atoms with van der Waals surface area (Å²) < 4.78 is 7.51. The predicted octanol–water partition coefficient (Wildman–Crippen LogP) is 2.61. The maximum atomic E-state index is 5.55. The van der Waals surface area contributed by atoms with Gasteiger partial charge in [-0.2, -0.15) is 14.9 Å². The van der Waals surface area contributed by atoms with E-state index in [0.717, 1.165) is 17.7 Å². The van der Waals surface area contributed by atoms with E-state index in [1.165, 1.54) is 11.0 Å². The van der Waals surface area contributed by atoms with Crippen molar-refractivity contribution >= 4 is 18.4 Å². The van der Waals surface area contributed by atoms with Crippen LogP contribution in [-0.2, 0) is 0 Å². The number of rotatable bonds is 5. The minimum absolute atomic E-state index is 0.463. The van der Waals surface area contributed by atoms with E-state index in [9.17, 15) is 0 Å². The molecule has 0 amide bonds. The number of hydrogen-bond acceptors (Lipinski definition) is 4. The van der Waals surface area contributed by atoms with Crippen LogP contribution in [-0.4, -0.2) is 27.7 Å². The topological polar surface area (TPSA) is 55.2 Å². The van der Waals surface area contributed by atoms with Gasteiger partial charge in [-0.05, 0) is 36.3 Å². The van der Waals surface area contributed by atoms with Crippen molar-refractivity contribution in [2.24, 2.45) is 5.10 Å². The number of nitrogens with zero attached hydrogens (tertiary/aromatic N) is 3. The number of benzene rings is 1. The summed E-state index contributed by atoms with van der Waals surface area (Å²) in [6.45, 7) is 2.79. The van der Waals surface area contributed by atoms with Crippen molar-refractivity contribution in [2.75, 3.05) is 6.61 Å². The van der Waals surface area contributed by atoms with Gasteiger partial charge in [0.2, 0.25) is 4.77 Å². The second-order valence-corrected chi connectivity index (χ2v) is 4.06. The highest BCUT2D eigenvalue weighted by atomic mass is 32.1. The van der Waals surface area contributed by atoms with Gasteiger partial charge in [0.05, 0.1) is 12.8 Å². The first-order valence-electron chi connectivity index (χ1n) is 5.69. The molecule has 1 heterocycles. The summed E-state index contributed by atoms with van der Waals surface area (Å²) >= 11 is 4.99. The smallest absolute Gasteiger partial charge is 0.216 e. The van der Waals surface area contributed by atoms with Crippen molar-refractivity contribution < 1.29 is 4.74 Å². The highest BCUT2D eigenvalue weighted by Gasteiger charge is 1.95. The molecule has 0 saturated carbocycles. The summed E-state index contributed by atoms with van der Waals surface area (Å²) in [5.74, 6) is 0.844. The monoisotopic (exact) mass is 262 g/mol. The van der Waals surface area contributed by atoms with Crippen molar-refractivity contribution in [3.05, 3.63) is 40.9 Å². The molecule has 18 heavy (non-hydrogen) atoms. The molecule has 0 aliphatic rings. The van der Waals surface area contributed by atoms with E-state index in [0.29, 0.717) is 11.4 Å². The van der Waals surface area contributed by atoms with Gasteiger partial charge in [-0.25, -0.2) is 0 Å². The highest BCUT2D eigenvalue weighted by Crippen LogP contribution is 2.12. The Balaban J connectivity index is 2.12. The molecular formula is C12H14N4OS. The minimum atomic E-state index is 0.463. The Morgan fingerprint density at radius 1 is 1.56 bits per heavy atom. The van der Waals surface area contributed by atoms with E-state index in [2.05, 4.69) is 22.2 Å². The molecule has 1 aromatic heterocycles. The van der Waals surface area contributed by atoms with E-state index in [4.69, 9.17) is 17.0 Å². The summed E-state index contributed by atoms with van der Waals surface area (Å²) in [5, 5.41) is 10.6. The molecule has 1 aromatic carbocycles. The minimum Gasteiger partial charge on any atom is -0.494 e. The first-order chi connectivity index (χ1) is 8.79. The summed E-state index contributed by atoms with van der Waals surface area (Å²) in [7, 11) is 0. The van der Waals surface area contributed by atoms with Crippen molar-refractivity contribution in [3.63, 3.8) is 0 Å². The molecule has 0 aliphatic carbocycles. The van der Waals surface area contributed by atoms with Crippen LogP contribution in [0.15, 0.2) is 35.7 Å². The lowest BCUT2D eigenvalue weighted by Gasteiger charge is -2.04. The fourth-order valence-corrected chi connectivity index (χ4v) is 1.51. The Kier molecular flexibility index (Phi) is 4.25. The largest absolute Gasteiger partial charge is 0.494 e. The van der Waals surface area contributed by atoms with Crippen molar-refractivity contribution in [2.45, 2.75) is 13.3 Å². The van der Waals surface area contributed by atoms with Crippen LogP contribution in [0.3, 0.4) is 0 Å². The lowest BCUT2D eigenvalue weighted by Crippen LogP contribution is -1.95. The molecule has 0 bridgehead atoms. The fourth-order valence-electron chi connectivity index (χ4n) is 1.36. The van der Waals surface area contributed by atoms with Crippen molar-refractivity contribution in [3.8, 4) is 5.75 Å². The molecule has 0 fully saturated rings. The number of H-pyrrole nitrogens is 1. The fraction of sp³-hybridized carbons (Fsp3) is 0.250. The number of hydrogen-bond donors (Lipinski definition) is 1. The third-order valence-electron chi connectivity index (χ3n) is 2.20. The van der Waals surface area contributed by atoms with Gasteiger partial charge in [0.25, 0.3) is 0 Å². The van der Waals surface area contributed by atoms with Crippen LogP contribution in [0, 0.1) is 4.77 Å². The van der Waals surface area contributed by atoms with E-state index in [1.54, 1.807) is 6.21 Å². The molecule has 2 rings (SSSR count). The molecule has 1 N–H and O–H groups in total. The third kappa shape index (κ3) is 3.27. The van der Waals surface area contributed by atoms with E-state index in [1.807, 2.05) is 24.3 Å². The molecular weight excluding hydrogens is 248 g/mol. The van der Waals surface area contributed by atoms with Gasteiger partial charge < -0.3 is 4.74 Å². The first kappa shape index (κ1) is 12.5. The average molecular weight is 262 g/mol. The number of ether oxygens (including phenoxy) is 1. The molecule has 0 saturated heterocycles. The zero-order chi connectivity index (χ0) is 12.8. The molecule has 0 spiro atoms. The second kappa shape index (κ2) is 6.11. The second-order valence-electron chi connectivity index (χ2n) is 3.67.